The van der Waals surface area contributed by atoms with Gasteiger partial charge in [-0.25, -0.2) is 4.79 Å². The lowest BCUT2D eigenvalue weighted by Crippen LogP contribution is -2.12. The van der Waals surface area contributed by atoms with Crippen molar-refractivity contribution in [3.8, 4) is 0 Å². The van der Waals surface area contributed by atoms with Crippen LogP contribution in [0.3, 0.4) is 0 Å². The van der Waals surface area contributed by atoms with E-state index in [0.717, 1.165) is 17.4 Å². The number of nitrogens with zero attached hydrogens (tertiary/aromatic N) is 1. The third-order valence-electron chi connectivity index (χ3n) is 4.25. The van der Waals surface area contributed by atoms with E-state index in [-0.39, 0.29) is 5.56 Å². The Morgan fingerprint density at radius 2 is 2.15 bits per heavy atom. The lowest BCUT2D eigenvalue weighted by molar-refractivity contribution is 0.0697. The molecule has 1 aliphatic carbocycles. The molecule has 1 saturated carbocycles. The number of carbonyl (C=O) groups is 1. The van der Waals surface area contributed by atoms with Crippen LogP contribution in [0.1, 0.15) is 30.6 Å². The molecule has 20 heavy (non-hydrogen) atoms. The number of rotatable bonds is 4. The summed E-state index contributed by atoms with van der Waals surface area (Å²) in [6.45, 7) is 5.28. The van der Waals surface area contributed by atoms with Crippen LogP contribution in [0, 0.1) is 11.3 Å². The van der Waals surface area contributed by atoms with Crippen LogP contribution in [0.5, 0.6) is 0 Å². The molecule has 2 aromatic rings. The summed E-state index contributed by atoms with van der Waals surface area (Å²) in [5, 5.41) is 13.5. The third-order valence-corrected chi connectivity index (χ3v) is 4.25. The third kappa shape index (κ3) is 2.22. The number of anilines is 1. The fraction of sp³-hybridized carbons (Fsp3) is 0.375. The summed E-state index contributed by atoms with van der Waals surface area (Å²) >= 11 is 0. The number of nitrogens with one attached hydrogen (secondary N) is 1. The molecule has 1 aliphatic rings. The number of carboxylic acid groups (broad SMARTS) is 1. The van der Waals surface area contributed by atoms with E-state index in [1.165, 1.54) is 12.6 Å². The van der Waals surface area contributed by atoms with Crippen LogP contribution in [0.4, 0.5) is 5.69 Å². The first-order valence-corrected chi connectivity index (χ1v) is 6.84. The van der Waals surface area contributed by atoms with E-state index >= 15 is 0 Å². The fourth-order valence-electron chi connectivity index (χ4n) is 2.64. The summed E-state index contributed by atoms with van der Waals surface area (Å²) in [5.74, 6) is -0.336. The summed E-state index contributed by atoms with van der Waals surface area (Å²) in [7, 11) is 0. The minimum atomic E-state index is -0.944. The number of para-hydroxylation sites is 1. The van der Waals surface area contributed by atoms with Crippen LogP contribution < -0.4 is 5.32 Å². The normalized spacial score (nSPS) is 19.8. The summed E-state index contributed by atoms with van der Waals surface area (Å²) in [6.07, 6.45) is 2.62. The number of hydrogen-bond acceptors (Lipinski definition) is 3. The molecule has 104 valence electrons. The van der Waals surface area contributed by atoms with Gasteiger partial charge in [-0.2, -0.15) is 0 Å². The zero-order valence-electron chi connectivity index (χ0n) is 11.7. The molecule has 1 fully saturated rings. The lowest BCUT2D eigenvalue weighted by Gasteiger charge is -2.13. The second kappa shape index (κ2) is 4.47. The van der Waals surface area contributed by atoms with Gasteiger partial charge in [0.25, 0.3) is 0 Å². The molecule has 2 N–H and O–H groups in total. The van der Waals surface area contributed by atoms with Gasteiger partial charge in [-0.1, -0.05) is 32.0 Å². The number of benzene rings is 1. The molecule has 0 radical (unpaired) electrons. The van der Waals surface area contributed by atoms with E-state index < -0.39 is 5.97 Å². The van der Waals surface area contributed by atoms with Gasteiger partial charge in [-0.05, 0) is 23.8 Å². The van der Waals surface area contributed by atoms with Gasteiger partial charge in [0.05, 0.1) is 11.2 Å². The zero-order valence-corrected chi connectivity index (χ0v) is 11.7. The van der Waals surface area contributed by atoms with Gasteiger partial charge in [-0.3, -0.25) is 4.98 Å². The molecule has 1 unspecified atom stereocenters. The Morgan fingerprint density at radius 1 is 1.45 bits per heavy atom. The molecule has 1 aromatic heterocycles. The number of aromatic carboxylic acids is 1. The Labute approximate surface area is 117 Å². The van der Waals surface area contributed by atoms with Crippen LogP contribution in [0.25, 0.3) is 10.9 Å². The average Bonchev–Trinajstić information content (AvgIpc) is 3.03. The van der Waals surface area contributed by atoms with Gasteiger partial charge in [0.1, 0.15) is 5.56 Å². The summed E-state index contributed by atoms with van der Waals surface area (Å²) in [5.41, 5.74) is 2.11. The largest absolute Gasteiger partial charge is 0.478 e. The van der Waals surface area contributed by atoms with E-state index in [2.05, 4.69) is 24.1 Å². The number of fused-ring (bicyclic) bond motifs is 1. The molecule has 1 heterocycles. The average molecular weight is 270 g/mol. The highest BCUT2D eigenvalue weighted by atomic mass is 16.4. The number of pyridine rings is 1. The zero-order chi connectivity index (χ0) is 14.3. The molecule has 3 rings (SSSR count). The number of aromatic nitrogens is 1. The predicted molar refractivity (Wildman–Crippen MR) is 79.1 cm³/mol. The summed E-state index contributed by atoms with van der Waals surface area (Å²) in [4.78, 5) is 15.6. The number of hydrogen-bond donors (Lipinski definition) is 2. The van der Waals surface area contributed by atoms with E-state index in [1.807, 2.05) is 24.3 Å². The predicted octanol–water partition coefficient (Wildman–Crippen LogP) is 3.39. The Morgan fingerprint density at radius 3 is 2.80 bits per heavy atom. The maximum Gasteiger partial charge on any atom is 0.339 e. The molecule has 1 aromatic carbocycles. The van der Waals surface area contributed by atoms with Gasteiger partial charge < -0.3 is 10.4 Å². The van der Waals surface area contributed by atoms with E-state index in [9.17, 15) is 9.90 Å². The van der Waals surface area contributed by atoms with Crippen LogP contribution in [0.2, 0.25) is 0 Å². The molecule has 4 nitrogen and oxygen atoms in total. The first-order chi connectivity index (χ1) is 9.49. The van der Waals surface area contributed by atoms with Crippen molar-refractivity contribution in [2.45, 2.75) is 20.3 Å². The van der Waals surface area contributed by atoms with Crippen molar-refractivity contribution in [1.82, 2.24) is 4.98 Å². The second-order valence-electron chi connectivity index (χ2n) is 6.14. The molecule has 0 spiro atoms. The Hall–Kier alpha value is -2.10. The minimum absolute atomic E-state index is 0.238. The van der Waals surface area contributed by atoms with Crippen LogP contribution in [0.15, 0.2) is 30.5 Å². The van der Waals surface area contributed by atoms with Crippen molar-refractivity contribution in [1.29, 1.82) is 0 Å². The molecule has 0 bridgehead atoms. The van der Waals surface area contributed by atoms with E-state index in [1.54, 1.807) is 0 Å². The smallest absolute Gasteiger partial charge is 0.339 e. The lowest BCUT2D eigenvalue weighted by atomic mass is 10.1. The maximum atomic E-state index is 11.4. The second-order valence-corrected chi connectivity index (χ2v) is 6.14. The highest BCUT2D eigenvalue weighted by Gasteiger charge is 2.45. The Bertz CT molecular complexity index is 679. The standard InChI is InChI=1S/C16H18N2O2/c1-16(2)7-10(16)8-18-14-11-5-3-4-6-13(11)17-9-12(14)15(19)20/h3-6,9-10H,7-8H2,1-2H3,(H,17,18)(H,19,20). The Kier molecular flexibility index (Phi) is 2.89. The van der Waals surface area contributed by atoms with Crippen LogP contribution >= 0.6 is 0 Å². The SMILES string of the molecule is CC1(C)CC1CNc1c(C(=O)O)cnc2ccccc12. The van der Waals surface area contributed by atoms with Gasteiger partial charge in [-0.15, -0.1) is 0 Å². The van der Waals surface area contributed by atoms with Crippen molar-refractivity contribution < 1.29 is 9.90 Å². The van der Waals surface area contributed by atoms with E-state index in [4.69, 9.17) is 0 Å². The van der Waals surface area contributed by atoms with Gasteiger partial charge in [0.15, 0.2) is 0 Å². The molecular formula is C16H18N2O2. The highest BCUT2D eigenvalue weighted by Crippen LogP contribution is 2.51. The Balaban J connectivity index is 1.97. The molecule has 0 saturated heterocycles. The van der Waals surface area contributed by atoms with Crippen LogP contribution in [-0.4, -0.2) is 22.6 Å². The number of carboxylic acids is 1. The van der Waals surface area contributed by atoms with Crippen molar-refractivity contribution in [3.05, 3.63) is 36.0 Å². The summed E-state index contributed by atoms with van der Waals surface area (Å²) < 4.78 is 0. The van der Waals surface area contributed by atoms with E-state index in [0.29, 0.717) is 17.0 Å². The monoisotopic (exact) mass is 270 g/mol. The molecule has 0 amide bonds. The highest BCUT2D eigenvalue weighted by molar-refractivity contribution is 6.04. The first-order valence-electron chi connectivity index (χ1n) is 6.84. The van der Waals surface area contributed by atoms with Gasteiger partial charge in [0.2, 0.25) is 0 Å². The molecule has 1 atom stereocenters. The summed E-state index contributed by atoms with van der Waals surface area (Å²) in [6, 6.07) is 7.62. The molecular weight excluding hydrogens is 252 g/mol. The molecule has 0 aliphatic heterocycles. The van der Waals surface area contributed by atoms with Crippen molar-refractivity contribution in [2.24, 2.45) is 11.3 Å². The van der Waals surface area contributed by atoms with Gasteiger partial charge in [0, 0.05) is 18.1 Å². The topological polar surface area (TPSA) is 62.2 Å². The first kappa shape index (κ1) is 12.9. The fourth-order valence-corrected chi connectivity index (χ4v) is 2.64. The van der Waals surface area contributed by atoms with Crippen molar-refractivity contribution in [3.63, 3.8) is 0 Å². The van der Waals surface area contributed by atoms with Gasteiger partial charge >= 0.3 is 5.97 Å². The molecule has 4 heteroatoms. The van der Waals surface area contributed by atoms with Crippen LogP contribution in [-0.2, 0) is 0 Å². The maximum absolute atomic E-state index is 11.4. The van der Waals surface area contributed by atoms with Crippen molar-refractivity contribution >= 4 is 22.6 Å². The van der Waals surface area contributed by atoms with Crippen molar-refractivity contribution in [2.75, 3.05) is 11.9 Å². The quantitative estimate of drug-likeness (QED) is 0.894. The minimum Gasteiger partial charge on any atom is -0.478 e.